The van der Waals surface area contributed by atoms with Gasteiger partial charge in [-0.05, 0) is 54.0 Å². The minimum Gasteiger partial charge on any atom is -0.444 e. The van der Waals surface area contributed by atoms with Crippen LogP contribution in [0.1, 0.15) is 45.5 Å². The van der Waals surface area contributed by atoms with Gasteiger partial charge in [0.2, 0.25) is 0 Å². The van der Waals surface area contributed by atoms with Crippen LogP contribution in [0.3, 0.4) is 0 Å². The Balaban J connectivity index is 0.00000512. The Labute approximate surface area is 210 Å². The lowest BCUT2D eigenvalue weighted by atomic mass is 10.2. The number of nitrogens with one attached hydrogen (secondary N) is 2. The molecular weight excluding hydrogens is 521 g/mol. The summed E-state index contributed by atoms with van der Waals surface area (Å²) < 4.78 is 7.51. The number of carbonyl (C=O) groups excluding carboxylic acids is 1. The van der Waals surface area contributed by atoms with Crippen LogP contribution in [-0.2, 0) is 11.3 Å². The SMILES string of the molecule is CCNC(=NCCCn1nc(C)cc1C)NCCN1CCN(C(=O)OC(C)(C)C)CC1.I. The van der Waals surface area contributed by atoms with Gasteiger partial charge in [0, 0.05) is 64.6 Å². The van der Waals surface area contributed by atoms with Gasteiger partial charge in [-0.25, -0.2) is 4.79 Å². The number of nitrogens with zero attached hydrogens (tertiary/aromatic N) is 5. The average molecular weight is 564 g/mol. The lowest BCUT2D eigenvalue weighted by molar-refractivity contribution is 0.0147. The molecule has 2 N–H and O–H groups in total. The number of halogens is 1. The Hall–Kier alpha value is -1.56. The fraction of sp³-hybridized carbons (Fsp3) is 0.773. The number of amides is 1. The summed E-state index contributed by atoms with van der Waals surface area (Å²) in [4.78, 5) is 21.0. The number of rotatable bonds is 8. The summed E-state index contributed by atoms with van der Waals surface area (Å²) in [6, 6.07) is 2.10. The second kappa shape index (κ2) is 13.9. The highest BCUT2D eigenvalue weighted by atomic mass is 127. The first-order chi connectivity index (χ1) is 14.7. The maximum absolute atomic E-state index is 12.2. The van der Waals surface area contributed by atoms with Crippen molar-refractivity contribution in [3.63, 3.8) is 0 Å². The minimum atomic E-state index is -0.448. The monoisotopic (exact) mass is 563 g/mol. The second-order valence-corrected chi connectivity index (χ2v) is 9.00. The van der Waals surface area contributed by atoms with Crippen molar-refractivity contribution in [3.8, 4) is 0 Å². The van der Waals surface area contributed by atoms with Crippen LogP contribution in [-0.4, -0.2) is 89.6 Å². The van der Waals surface area contributed by atoms with E-state index in [9.17, 15) is 4.79 Å². The zero-order chi connectivity index (χ0) is 22.9. The van der Waals surface area contributed by atoms with Gasteiger partial charge in [-0.1, -0.05) is 0 Å². The molecule has 0 radical (unpaired) electrons. The summed E-state index contributed by atoms with van der Waals surface area (Å²) in [5, 5.41) is 11.2. The van der Waals surface area contributed by atoms with E-state index < -0.39 is 5.60 Å². The van der Waals surface area contributed by atoms with E-state index in [1.807, 2.05) is 32.4 Å². The highest BCUT2D eigenvalue weighted by Crippen LogP contribution is 2.11. The van der Waals surface area contributed by atoms with E-state index >= 15 is 0 Å². The number of hydrogen-bond donors (Lipinski definition) is 2. The van der Waals surface area contributed by atoms with E-state index in [4.69, 9.17) is 4.74 Å². The highest BCUT2D eigenvalue weighted by Gasteiger charge is 2.25. The smallest absolute Gasteiger partial charge is 0.410 e. The van der Waals surface area contributed by atoms with Crippen molar-refractivity contribution in [1.82, 2.24) is 30.2 Å². The number of aryl methyl sites for hydroxylation is 3. The predicted octanol–water partition coefficient (Wildman–Crippen LogP) is 2.62. The minimum absolute atomic E-state index is 0. The van der Waals surface area contributed by atoms with E-state index in [-0.39, 0.29) is 30.1 Å². The summed E-state index contributed by atoms with van der Waals surface area (Å²) in [5.41, 5.74) is 1.80. The molecule has 0 spiro atoms. The average Bonchev–Trinajstić information content (AvgIpc) is 3.01. The number of guanidine groups is 1. The third-order valence-electron chi connectivity index (χ3n) is 4.99. The van der Waals surface area contributed by atoms with E-state index in [0.717, 1.165) is 63.9 Å². The maximum Gasteiger partial charge on any atom is 0.410 e. The van der Waals surface area contributed by atoms with Crippen molar-refractivity contribution >= 4 is 36.0 Å². The van der Waals surface area contributed by atoms with Crippen LogP contribution >= 0.6 is 24.0 Å². The lowest BCUT2D eigenvalue weighted by Gasteiger charge is -2.35. The van der Waals surface area contributed by atoms with Crippen molar-refractivity contribution in [3.05, 3.63) is 17.5 Å². The predicted molar refractivity (Wildman–Crippen MR) is 140 cm³/mol. The molecular formula is C22H42IN7O2. The Morgan fingerprint density at radius 2 is 1.84 bits per heavy atom. The Morgan fingerprint density at radius 1 is 1.16 bits per heavy atom. The van der Waals surface area contributed by atoms with Gasteiger partial charge in [0.1, 0.15) is 5.60 Å². The fourth-order valence-electron chi connectivity index (χ4n) is 3.47. The molecule has 0 aliphatic carbocycles. The molecule has 10 heteroatoms. The van der Waals surface area contributed by atoms with E-state index in [1.54, 1.807) is 4.90 Å². The van der Waals surface area contributed by atoms with E-state index in [2.05, 4.69) is 45.5 Å². The van der Waals surface area contributed by atoms with Gasteiger partial charge in [0.05, 0.1) is 5.69 Å². The highest BCUT2D eigenvalue weighted by molar-refractivity contribution is 14.0. The summed E-state index contributed by atoms with van der Waals surface area (Å²) in [7, 11) is 0. The Morgan fingerprint density at radius 3 is 2.41 bits per heavy atom. The molecule has 9 nitrogen and oxygen atoms in total. The van der Waals surface area contributed by atoms with Gasteiger partial charge >= 0.3 is 6.09 Å². The lowest BCUT2D eigenvalue weighted by Crippen LogP contribution is -2.51. The van der Waals surface area contributed by atoms with Gasteiger partial charge in [-0.2, -0.15) is 5.10 Å². The molecule has 1 aromatic heterocycles. The van der Waals surface area contributed by atoms with Crippen molar-refractivity contribution in [2.45, 2.75) is 60.1 Å². The molecule has 32 heavy (non-hydrogen) atoms. The first-order valence-corrected chi connectivity index (χ1v) is 11.4. The van der Waals surface area contributed by atoms with Gasteiger partial charge in [-0.15, -0.1) is 24.0 Å². The van der Waals surface area contributed by atoms with Gasteiger partial charge in [0.25, 0.3) is 0 Å². The Kier molecular flexibility index (Phi) is 12.3. The summed E-state index contributed by atoms with van der Waals surface area (Å²) >= 11 is 0. The van der Waals surface area contributed by atoms with Gasteiger partial charge in [-0.3, -0.25) is 14.6 Å². The van der Waals surface area contributed by atoms with E-state index in [1.165, 1.54) is 5.69 Å². The second-order valence-electron chi connectivity index (χ2n) is 9.00. The van der Waals surface area contributed by atoms with Crippen molar-refractivity contribution in [2.75, 3.05) is 52.4 Å². The van der Waals surface area contributed by atoms with Gasteiger partial charge in [0.15, 0.2) is 5.96 Å². The number of piperazine rings is 1. The molecule has 1 fully saturated rings. The molecule has 0 atom stereocenters. The van der Waals surface area contributed by atoms with Crippen LogP contribution in [0.4, 0.5) is 4.79 Å². The molecule has 0 aromatic carbocycles. The number of hydrogen-bond acceptors (Lipinski definition) is 5. The van der Waals surface area contributed by atoms with Crippen LogP contribution in [0.25, 0.3) is 0 Å². The van der Waals surface area contributed by atoms with Crippen molar-refractivity contribution < 1.29 is 9.53 Å². The van der Waals surface area contributed by atoms with Crippen LogP contribution < -0.4 is 10.6 Å². The quantitative estimate of drug-likeness (QED) is 0.219. The van der Waals surface area contributed by atoms with Crippen LogP contribution in [0.5, 0.6) is 0 Å². The number of carbonyl (C=O) groups is 1. The molecule has 184 valence electrons. The molecule has 1 saturated heterocycles. The zero-order valence-electron chi connectivity index (χ0n) is 20.6. The molecule has 0 bridgehead atoms. The fourth-order valence-corrected chi connectivity index (χ4v) is 3.47. The summed E-state index contributed by atoms with van der Waals surface area (Å²) in [6.07, 6.45) is 0.734. The maximum atomic E-state index is 12.2. The topological polar surface area (TPSA) is 87.0 Å². The molecule has 1 aliphatic rings. The third-order valence-corrected chi connectivity index (χ3v) is 4.99. The summed E-state index contributed by atoms with van der Waals surface area (Å²) in [5.74, 6) is 0.850. The number of ether oxygens (including phenoxy) is 1. The standard InChI is InChI=1S/C22H41N7O2.HI/c1-7-23-20(24-9-8-11-29-19(3)17-18(2)26-29)25-10-12-27-13-15-28(16-14-27)21(30)31-22(4,5)6;/h17H,7-16H2,1-6H3,(H2,23,24,25);1H. The first kappa shape index (κ1) is 28.5. The normalized spacial score (nSPS) is 15.3. The molecule has 2 heterocycles. The van der Waals surface area contributed by atoms with Crippen LogP contribution in [0, 0.1) is 13.8 Å². The Bertz CT molecular complexity index is 722. The zero-order valence-corrected chi connectivity index (χ0v) is 22.9. The van der Waals surface area contributed by atoms with Crippen molar-refractivity contribution in [2.24, 2.45) is 4.99 Å². The van der Waals surface area contributed by atoms with Gasteiger partial charge < -0.3 is 20.3 Å². The van der Waals surface area contributed by atoms with Crippen molar-refractivity contribution in [1.29, 1.82) is 0 Å². The molecule has 0 saturated carbocycles. The summed E-state index contributed by atoms with van der Waals surface area (Å²) in [6.45, 7) is 19.2. The third kappa shape index (κ3) is 10.4. The van der Waals surface area contributed by atoms with Crippen LogP contribution in [0.15, 0.2) is 11.1 Å². The number of aliphatic imine (C=N–C) groups is 1. The number of aromatic nitrogens is 2. The largest absolute Gasteiger partial charge is 0.444 e. The van der Waals surface area contributed by atoms with Crippen LogP contribution in [0.2, 0.25) is 0 Å². The van der Waals surface area contributed by atoms with E-state index in [0.29, 0.717) is 13.1 Å². The first-order valence-electron chi connectivity index (χ1n) is 11.4. The molecule has 1 aromatic rings. The molecule has 1 amide bonds. The molecule has 0 unspecified atom stereocenters. The molecule has 1 aliphatic heterocycles. The molecule has 2 rings (SSSR count).